The zero-order chi connectivity index (χ0) is 22.4. The average Bonchev–Trinajstić information content (AvgIpc) is 3.32. The molecule has 4 aliphatic rings. The van der Waals surface area contributed by atoms with Crippen molar-refractivity contribution in [2.75, 3.05) is 18.8 Å². The zero-order valence-electron chi connectivity index (χ0n) is 19.7. The number of carbonyl (C=O) groups is 1. The predicted octanol–water partition coefficient (Wildman–Crippen LogP) is 3.23. The maximum atomic E-state index is 11.0. The van der Waals surface area contributed by atoms with Crippen molar-refractivity contribution in [3.05, 3.63) is 17.7 Å². The zero-order valence-corrected chi connectivity index (χ0v) is 19.7. The van der Waals surface area contributed by atoms with Gasteiger partial charge in [0, 0.05) is 25.4 Å². The van der Waals surface area contributed by atoms with Crippen molar-refractivity contribution in [2.24, 2.45) is 0 Å². The minimum Gasteiger partial charge on any atom is -0.488 e. The molecule has 1 aromatic carbocycles. The van der Waals surface area contributed by atoms with Crippen LogP contribution in [0.4, 0.5) is 5.69 Å². The lowest BCUT2D eigenvalue weighted by atomic mass is 9.76. The van der Waals surface area contributed by atoms with E-state index in [9.17, 15) is 4.79 Å². The van der Waals surface area contributed by atoms with Gasteiger partial charge in [-0.2, -0.15) is 0 Å². The van der Waals surface area contributed by atoms with E-state index < -0.39 is 0 Å². The third-order valence-electron chi connectivity index (χ3n) is 7.36. The fraction of sp³-hybridized carbons (Fsp3) is 0.708. The highest BCUT2D eigenvalue weighted by molar-refractivity contribution is 6.62. The highest BCUT2D eigenvalue weighted by atomic mass is 16.7. The fourth-order valence-corrected chi connectivity index (χ4v) is 4.47. The Morgan fingerprint density at radius 1 is 1.10 bits per heavy atom. The maximum Gasteiger partial charge on any atom is 0.495 e. The summed E-state index contributed by atoms with van der Waals surface area (Å²) in [5.74, 6) is 1.22. The molecule has 1 atom stereocenters. The van der Waals surface area contributed by atoms with E-state index in [0.717, 1.165) is 49.0 Å². The van der Waals surface area contributed by atoms with Crippen LogP contribution < -0.4 is 15.9 Å². The lowest BCUT2D eigenvalue weighted by Crippen LogP contribution is -2.41. The van der Waals surface area contributed by atoms with E-state index in [-0.39, 0.29) is 18.3 Å². The lowest BCUT2D eigenvalue weighted by molar-refractivity contribution is -0.122. The number of piperidine rings is 1. The van der Waals surface area contributed by atoms with E-state index in [1.54, 1.807) is 0 Å². The minimum atomic E-state index is -0.378. The molecule has 6 nitrogen and oxygen atoms in total. The van der Waals surface area contributed by atoms with Gasteiger partial charge in [0.25, 0.3) is 0 Å². The first-order valence-corrected chi connectivity index (χ1v) is 11.7. The van der Waals surface area contributed by atoms with Crippen LogP contribution in [-0.4, -0.2) is 54.2 Å². The van der Waals surface area contributed by atoms with E-state index in [0.29, 0.717) is 23.6 Å². The molecule has 0 bridgehead atoms. The third kappa shape index (κ3) is 4.94. The van der Waals surface area contributed by atoms with Crippen LogP contribution in [-0.2, 0) is 14.1 Å². The molecule has 2 N–H and O–H groups in total. The van der Waals surface area contributed by atoms with Gasteiger partial charge in [-0.1, -0.05) is 0 Å². The number of nitrogens with two attached hydrogens (primary N) is 1. The van der Waals surface area contributed by atoms with E-state index in [1.165, 1.54) is 19.4 Å². The summed E-state index contributed by atoms with van der Waals surface area (Å²) < 4.78 is 18.1. The number of aryl methyl sites for hydroxylation is 1. The van der Waals surface area contributed by atoms with Crippen molar-refractivity contribution in [3.8, 4) is 5.75 Å². The number of carbonyl (C=O) groups excluding carboxylic acids is 1. The Labute approximate surface area is 186 Å². The van der Waals surface area contributed by atoms with Crippen molar-refractivity contribution in [2.45, 2.75) is 96.5 Å². The first-order valence-electron chi connectivity index (χ1n) is 11.7. The van der Waals surface area contributed by atoms with Crippen molar-refractivity contribution in [1.82, 2.24) is 4.90 Å². The van der Waals surface area contributed by atoms with Gasteiger partial charge in [-0.05, 0) is 90.0 Å². The van der Waals surface area contributed by atoms with Crippen LogP contribution in [0.3, 0.4) is 0 Å². The molecular formula is C24H37BN2O4. The van der Waals surface area contributed by atoms with Gasteiger partial charge in [-0.3, -0.25) is 9.69 Å². The molecule has 0 spiro atoms. The second kappa shape index (κ2) is 8.41. The smallest absolute Gasteiger partial charge is 0.488 e. The molecule has 3 aliphatic heterocycles. The van der Waals surface area contributed by atoms with Crippen molar-refractivity contribution >= 4 is 24.1 Å². The highest BCUT2D eigenvalue weighted by Gasteiger charge is 2.52. The summed E-state index contributed by atoms with van der Waals surface area (Å²) >= 11 is 0. The Kier molecular flexibility index (Phi) is 6.14. The number of benzene rings is 1. The summed E-state index contributed by atoms with van der Waals surface area (Å²) in [6, 6.07) is 4.55. The average molecular weight is 428 g/mol. The standard InChI is InChI=1S/C16H24BNO3.C8H13NO/c1-10-8-13(18)14(19-11-6-7-11)9-12(10)17-20-15(2,3)16(4,5)21-17;10-8-3-5-9-4-1-2-7(9)6-8/h8-9,11H,6-7,18H2,1-5H3;7H,1-6H2. The van der Waals surface area contributed by atoms with E-state index in [2.05, 4.69) is 32.6 Å². The predicted molar refractivity (Wildman–Crippen MR) is 124 cm³/mol. The Bertz CT molecular complexity index is 821. The molecule has 1 aromatic rings. The number of hydrogen-bond acceptors (Lipinski definition) is 6. The highest BCUT2D eigenvalue weighted by Crippen LogP contribution is 2.38. The number of nitrogens with zero attached hydrogens (tertiary/aromatic N) is 1. The Hall–Kier alpha value is -1.57. The van der Waals surface area contributed by atoms with Gasteiger partial charge in [0.15, 0.2) is 0 Å². The number of rotatable bonds is 3. The van der Waals surface area contributed by atoms with Crippen molar-refractivity contribution < 1.29 is 18.8 Å². The molecule has 0 radical (unpaired) electrons. The minimum absolute atomic E-state index is 0.321. The number of anilines is 1. The fourth-order valence-electron chi connectivity index (χ4n) is 4.47. The SMILES string of the molecule is Cc1cc(N)c(OC2CC2)cc1B1OC(C)(C)C(C)(C)O1.O=C1CCN2CCCC2C1. The lowest BCUT2D eigenvalue weighted by Gasteiger charge is -2.32. The molecule has 4 fully saturated rings. The molecule has 3 heterocycles. The topological polar surface area (TPSA) is 74.0 Å². The Morgan fingerprint density at radius 3 is 2.42 bits per heavy atom. The van der Waals surface area contributed by atoms with Crippen LogP contribution in [0, 0.1) is 6.92 Å². The molecule has 170 valence electrons. The monoisotopic (exact) mass is 428 g/mol. The number of hydrogen-bond donors (Lipinski definition) is 1. The summed E-state index contributed by atoms with van der Waals surface area (Å²) in [4.78, 5) is 13.4. The third-order valence-corrected chi connectivity index (χ3v) is 7.36. The first-order chi connectivity index (χ1) is 14.6. The number of ether oxygens (including phenoxy) is 1. The van der Waals surface area contributed by atoms with Crippen LogP contribution in [0.5, 0.6) is 5.75 Å². The summed E-state index contributed by atoms with van der Waals surface area (Å²) in [7, 11) is -0.378. The Balaban J connectivity index is 0.000000192. The van der Waals surface area contributed by atoms with E-state index in [1.807, 2.05) is 19.1 Å². The van der Waals surface area contributed by atoms with Gasteiger partial charge in [0.2, 0.25) is 0 Å². The van der Waals surface area contributed by atoms with Gasteiger partial charge >= 0.3 is 7.12 Å². The molecular weight excluding hydrogens is 391 g/mol. The molecule has 1 aliphatic carbocycles. The molecule has 1 saturated carbocycles. The largest absolute Gasteiger partial charge is 0.495 e. The van der Waals surface area contributed by atoms with Gasteiger partial charge in [-0.25, -0.2) is 0 Å². The number of fused-ring (bicyclic) bond motifs is 1. The van der Waals surface area contributed by atoms with E-state index in [4.69, 9.17) is 19.8 Å². The molecule has 1 unspecified atom stereocenters. The Morgan fingerprint density at radius 2 is 1.77 bits per heavy atom. The molecule has 5 rings (SSSR count). The first kappa shape index (κ1) is 22.6. The second-order valence-electron chi connectivity index (χ2n) is 10.5. The van der Waals surface area contributed by atoms with Crippen LogP contribution in [0.15, 0.2) is 12.1 Å². The number of nitrogen functional groups attached to an aromatic ring is 1. The van der Waals surface area contributed by atoms with Crippen LogP contribution in [0.25, 0.3) is 0 Å². The summed E-state index contributed by atoms with van der Waals surface area (Å²) in [5.41, 5.74) is 8.12. The molecule has 0 amide bonds. The van der Waals surface area contributed by atoms with Crippen LogP contribution >= 0.6 is 0 Å². The van der Waals surface area contributed by atoms with Crippen molar-refractivity contribution in [3.63, 3.8) is 0 Å². The summed E-state index contributed by atoms with van der Waals surface area (Å²) in [5, 5.41) is 0. The van der Waals surface area contributed by atoms with Gasteiger partial charge in [0.05, 0.1) is 23.0 Å². The van der Waals surface area contributed by atoms with Gasteiger partial charge in [-0.15, -0.1) is 0 Å². The molecule has 3 saturated heterocycles. The van der Waals surface area contributed by atoms with Crippen LogP contribution in [0.2, 0.25) is 0 Å². The number of ketones is 1. The summed E-state index contributed by atoms with van der Waals surface area (Å²) in [6.45, 7) is 12.5. The molecule has 31 heavy (non-hydrogen) atoms. The van der Waals surface area contributed by atoms with Crippen LogP contribution in [0.1, 0.15) is 71.8 Å². The summed E-state index contributed by atoms with van der Waals surface area (Å²) in [6.07, 6.45) is 6.74. The molecule has 0 aromatic heterocycles. The quantitative estimate of drug-likeness (QED) is 0.589. The number of Topliss-reactive ketones (excluding diaryl/α,β-unsaturated/α-hetero) is 1. The van der Waals surface area contributed by atoms with E-state index >= 15 is 0 Å². The normalized spacial score (nSPS) is 26.9. The molecule has 7 heteroatoms. The van der Waals surface area contributed by atoms with Gasteiger partial charge in [0.1, 0.15) is 11.5 Å². The van der Waals surface area contributed by atoms with Gasteiger partial charge < -0.3 is 19.8 Å². The second-order valence-corrected chi connectivity index (χ2v) is 10.5. The van der Waals surface area contributed by atoms with Crippen molar-refractivity contribution in [1.29, 1.82) is 0 Å². The maximum absolute atomic E-state index is 11.0.